The number of phenols is 1. The Morgan fingerprint density at radius 1 is 0.862 bits per heavy atom. The van der Waals surface area contributed by atoms with Crippen molar-refractivity contribution >= 4 is 11.5 Å². The molecule has 0 amide bonds. The standard InChI is InChI=1S/C24H22N4O/c1-17-10-12-19(13-11-17)21-15-24(27-18(2)26-21)28(16-20-7-5-6-14-25-20)22-8-3-4-9-23(22)29/h3-15,29H,16H2,1-2H3. The number of para-hydroxylation sites is 2. The molecule has 2 heterocycles. The number of phenolic OH excluding ortho intramolecular Hbond substituents is 1. The lowest BCUT2D eigenvalue weighted by atomic mass is 10.1. The Hall–Kier alpha value is -3.73. The Balaban J connectivity index is 1.82. The molecule has 0 saturated heterocycles. The zero-order valence-corrected chi connectivity index (χ0v) is 16.4. The molecule has 0 aliphatic carbocycles. The zero-order chi connectivity index (χ0) is 20.2. The molecule has 0 saturated carbocycles. The van der Waals surface area contributed by atoms with Gasteiger partial charge in [-0.25, -0.2) is 9.97 Å². The van der Waals surface area contributed by atoms with Gasteiger partial charge in [0.1, 0.15) is 17.4 Å². The number of benzene rings is 2. The van der Waals surface area contributed by atoms with Crippen molar-refractivity contribution in [3.05, 3.63) is 96.1 Å². The molecule has 4 rings (SSSR count). The Morgan fingerprint density at radius 2 is 1.62 bits per heavy atom. The average molecular weight is 382 g/mol. The molecular weight excluding hydrogens is 360 g/mol. The molecule has 5 nitrogen and oxygen atoms in total. The van der Waals surface area contributed by atoms with Crippen LogP contribution in [0.15, 0.2) is 79.0 Å². The lowest BCUT2D eigenvalue weighted by Crippen LogP contribution is -2.19. The number of hydrogen-bond donors (Lipinski definition) is 1. The molecule has 5 heteroatoms. The maximum absolute atomic E-state index is 10.5. The van der Waals surface area contributed by atoms with Crippen molar-refractivity contribution in [3.63, 3.8) is 0 Å². The van der Waals surface area contributed by atoms with E-state index in [4.69, 9.17) is 0 Å². The first-order chi connectivity index (χ1) is 14.1. The first-order valence-electron chi connectivity index (χ1n) is 9.48. The van der Waals surface area contributed by atoms with Gasteiger partial charge in [0.05, 0.1) is 23.6 Å². The van der Waals surface area contributed by atoms with Gasteiger partial charge in [0.15, 0.2) is 0 Å². The summed E-state index contributed by atoms with van der Waals surface area (Å²) < 4.78 is 0. The average Bonchev–Trinajstić information content (AvgIpc) is 2.73. The number of aromatic nitrogens is 3. The van der Waals surface area contributed by atoms with Gasteiger partial charge < -0.3 is 10.0 Å². The van der Waals surface area contributed by atoms with E-state index in [1.54, 1.807) is 18.3 Å². The number of aromatic hydroxyl groups is 1. The third-order valence-corrected chi connectivity index (χ3v) is 4.67. The van der Waals surface area contributed by atoms with Crippen molar-refractivity contribution < 1.29 is 5.11 Å². The first kappa shape index (κ1) is 18.6. The van der Waals surface area contributed by atoms with E-state index in [1.807, 2.05) is 48.2 Å². The number of anilines is 2. The number of rotatable bonds is 5. The SMILES string of the molecule is Cc1ccc(-c2cc(N(Cc3ccccn3)c3ccccc3O)nc(C)n2)cc1. The van der Waals surface area contributed by atoms with E-state index in [0.29, 0.717) is 23.9 Å². The summed E-state index contributed by atoms with van der Waals surface area (Å²) in [4.78, 5) is 15.7. The molecule has 4 aromatic rings. The number of pyridine rings is 1. The quantitative estimate of drug-likeness (QED) is 0.514. The molecular formula is C24H22N4O. The highest BCUT2D eigenvalue weighted by molar-refractivity contribution is 5.70. The maximum Gasteiger partial charge on any atom is 0.139 e. The second-order valence-electron chi connectivity index (χ2n) is 6.92. The monoisotopic (exact) mass is 382 g/mol. The lowest BCUT2D eigenvalue weighted by Gasteiger charge is -2.25. The van der Waals surface area contributed by atoms with Crippen LogP contribution in [0.4, 0.5) is 11.5 Å². The van der Waals surface area contributed by atoms with Crippen LogP contribution in [0.25, 0.3) is 11.3 Å². The fraction of sp³-hybridized carbons (Fsp3) is 0.125. The van der Waals surface area contributed by atoms with Gasteiger partial charge in [0, 0.05) is 17.8 Å². The van der Waals surface area contributed by atoms with E-state index in [-0.39, 0.29) is 5.75 Å². The van der Waals surface area contributed by atoms with Gasteiger partial charge in [0.2, 0.25) is 0 Å². The van der Waals surface area contributed by atoms with Gasteiger partial charge in [0.25, 0.3) is 0 Å². The van der Waals surface area contributed by atoms with Crippen molar-refractivity contribution in [2.45, 2.75) is 20.4 Å². The van der Waals surface area contributed by atoms with Crippen LogP contribution in [0.5, 0.6) is 5.75 Å². The predicted octanol–water partition coefficient (Wildman–Crippen LogP) is 5.20. The smallest absolute Gasteiger partial charge is 0.139 e. The third kappa shape index (κ3) is 4.24. The molecule has 2 aromatic heterocycles. The Bertz CT molecular complexity index is 1110. The number of hydrogen-bond acceptors (Lipinski definition) is 5. The number of nitrogens with zero attached hydrogens (tertiary/aromatic N) is 4. The van der Waals surface area contributed by atoms with Gasteiger partial charge in [-0.2, -0.15) is 0 Å². The Kier molecular flexibility index (Phi) is 5.20. The maximum atomic E-state index is 10.5. The summed E-state index contributed by atoms with van der Waals surface area (Å²) in [5.41, 5.74) is 4.62. The molecule has 29 heavy (non-hydrogen) atoms. The molecule has 0 bridgehead atoms. The highest BCUT2D eigenvalue weighted by Crippen LogP contribution is 2.34. The summed E-state index contributed by atoms with van der Waals surface area (Å²) in [5.74, 6) is 1.57. The Morgan fingerprint density at radius 3 is 2.34 bits per heavy atom. The van der Waals surface area contributed by atoms with Gasteiger partial charge in [-0.1, -0.05) is 48.0 Å². The Labute approximate surface area is 170 Å². The van der Waals surface area contributed by atoms with Gasteiger partial charge in [-0.15, -0.1) is 0 Å². The summed E-state index contributed by atoms with van der Waals surface area (Å²) in [6.07, 6.45) is 1.77. The molecule has 0 radical (unpaired) electrons. The molecule has 0 aliphatic heterocycles. The molecule has 0 unspecified atom stereocenters. The van der Waals surface area contributed by atoms with Crippen LogP contribution in [0, 0.1) is 13.8 Å². The molecule has 0 atom stereocenters. The molecule has 1 N–H and O–H groups in total. The van der Waals surface area contributed by atoms with Crippen molar-refractivity contribution in [1.29, 1.82) is 0 Å². The van der Waals surface area contributed by atoms with Gasteiger partial charge in [-0.05, 0) is 38.1 Å². The minimum absolute atomic E-state index is 0.191. The van der Waals surface area contributed by atoms with Crippen LogP contribution in [0.1, 0.15) is 17.1 Å². The van der Waals surface area contributed by atoms with Gasteiger partial charge in [-0.3, -0.25) is 4.98 Å². The van der Waals surface area contributed by atoms with Crippen molar-refractivity contribution in [3.8, 4) is 17.0 Å². The van der Waals surface area contributed by atoms with E-state index < -0.39 is 0 Å². The van der Waals surface area contributed by atoms with E-state index in [2.05, 4.69) is 46.1 Å². The van der Waals surface area contributed by atoms with Crippen molar-refractivity contribution in [2.75, 3.05) is 4.90 Å². The third-order valence-electron chi connectivity index (χ3n) is 4.67. The van der Waals surface area contributed by atoms with E-state index >= 15 is 0 Å². The van der Waals surface area contributed by atoms with Crippen LogP contribution < -0.4 is 4.90 Å². The fourth-order valence-electron chi connectivity index (χ4n) is 3.20. The van der Waals surface area contributed by atoms with Gasteiger partial charge >= 0.3 is 0 Å². The first-order valence-corrected chi connectivity index (χ1v) is 9.48. The van der Waals surface area contributed by atoms with E-state index in [1.165, 1.54) is 5.56 Å². The summed E-state index contributed by atoms with van der Waals surface area (Å²) in [6, 6.07) is 23.3. The second kappa shape index (κ2) is 8.10. The molecule has 2 aromatic carbocycles. The van der Waals surface area contributed by atoms with Crippen LogP contribution in [-0.4, -0.2) is 20.1 Å². The van der Waals surface area contributed by atoms with Crippen LogP contribution >= 0.6 is 0 Å². The summed E-state index contributed by atoms with van der Waals surface area (Å²) in [5, 5.41) is 10.5. The molecule has 0 fully saturated rings. The highest BCUT2D eigenvalue weighted by Gasteiger charge is 2.17. The molecule has 144 valence electrons. The van der Waals surface area contributed by atoms with E-state index in [0.717, 1.165) is 17.0 Å². The van der Waals surface area contributed by atoms with Crippen LogP contribution in [-0.2, 0) is 6.54 Å². The largest absolute Gasteiger partial charge is 0.506 e. The second-order valence-corrected chi connectivity index (χ2v) is 6.92. The minimum Gasteiger partial charge on any atom is -0.506 e. The van der Waals surface area contributed by atoms with Crippen LogP contribution in [0.3, 0.4) is 0 Å². The number of aryl methyl sites for hydroxylation is 2. The predicted molar refractivity (Wildman–Crippen MR) is 115 cm³/mol. The fourth-order valence-corrected chi connectivity index (χ4v) is 3.20. The molecule has 0 aliphatic rings. The van der Waals surface area contributed by atoms with Crippen LogP contribution in [0.2, 0.25) is 0 Å². The highest BCUT2D eigenvalue weighted by atomic mass is 16.3. The van der Waals surface area contributed by atoms with E-state index in [9.17, 15) is 5.11 Å². The normalized spacial score (nSPS) is 10.7. The zero-order valence-electron chi connectivity index (χ0n) is 16.4. The summed E-state index contributed by atoms with van der Waals surface area (Å²) in [7, 11) is 0. The summed E-state index contributed by atoms with van der Waals surface area (Å²) in [6.45, 7) is 4.42. The van der Waals surface area contributed by atoms with Crippen molar-refractivity contribution in [2.24, 2.45) is 0 Å². The lowest BCUT2D eigenvalue weighted by molar-refractivity contribution is 0.475. The topological polar surface area (TPSA) is 62.1 Å². The molecule has 0 spiro atoms. The minimum atomic E-state index is 0.191. The summed E-state index contributed by atoms with van der Waals surface area (Å²) >= 11 is 0. The van der Waals surface area contributed by atoms with Crippen molar-refractivity contribution in [1.82, 2.24) is 15.0 Å².